The summed E-state index contributed by atoms with van der Waals surface area (Å²) >= 11 is 0. The van der Waals surface area contributed by atoms with Crippen LogP contribution < -0.4 is 10.1 Å². The largest absolute Gasteiger partial charge is 0.492 e. The quantitative estimate of drug-likeness (QED) is 0.675. The molecule has 4 nitrogen and oxygen atoms in total. The van der Waals surface area contributed by atoms with E-state index in [9.17, 15) is 4.79 Å². The van der Waals surface area contributed by atoms with Crippen LogP contribution in [0.4, 0.5) is 0 Å². The average molecular weight is 373 g/mol. The Morgan fingerprint density at radius 2 is 1.61 bits per heavy atom. The molecule has 0 aromatic heterocycles. The van der Waals surface area contributed by atoms with E-state index in [0.29, 0.717) is 26.4 Å². The summed E-state index contributed by atoms with van der Waals surface area (Å²) in [6.07, 6.45) is 0. The Balaban J connectivity index is 1.34. The van der Waals surface area contributed by atoms with Gasteiger partial charge in [-0.1, -0.05) is 72.8 Å². The maximum Gasteiger partial charge on any atom is 0.231 e. The molecule has 3 aromatic rings. The summed E-state index contributed by atoms with van der Waals surface area (Å²) in [6.45, 7) is 1.95. The predicted molar refractivity (Wildman–Crippen MR) is 108 cm³/mol. The Labute approximate surface area is 165 Å². The third kappa shape index (κ3) is 4.24. The summed E-state index contributed by atoms with van der Waals surface area (Å²) < 4.78 is 11.5. The smallest absolute Gasteiger partial charge is 0.231 e. The van der Waals surface area contributed by atoms with Crippen LogP contribution in [-0.2, 0) is 29.3 Å². The average Bonchev–Trinajstić information content (AvgIpc) is 3.18. The zero-order valence-electron chi connectivity index (χ0n) is 15.6. The first-order valence-corrected chi connectivity index (χ1v) is 9.49. The normalized spacial score (nSPS) is 14.9. The zero-order valence-corrected chi connectivity index (χ0v) is 15.6. The molecule has 0 aliphatic carbocycles. The molecule has 4 rings (SSSR count). The van der Waals surface area contributed by atoms with Crippen molar-refractivity contribution in [2.45, 2.75) is 25.7 Å². The van der Waals surface area contributed by atoms with Crippen molar-refractivity contribution in [3.05, 3.63) is 101 Å². The fourth-order valence-electron chi connectivity index (χ4n) is 3.41. The molecule has 1 aliphatic rings. The highest BCUT2D eigenvalue weighted by molar-refractivity contribution is 5.85. The van der Waals surface area contributed by atoms with E-state index in [1.807, 2.05) is 78.9 Å². The van der Waals surface area contributed by atoms with E-state index in [-0.39, 0.29) is 11.8 Å². The van der Waals surface area contributed by atoms with E-state index in [4.69, 9.17) is 9.47 Å². The maximum atomic E-state index is 12.7. The molecule has 0 spiro atoms. The van der Waals surface area contributed by atoms with E-state index >= 15 is 0 Å². The number of carbonyl (C=O) groups excluding carboxylic acids is 1. The van der Waals surface area contributed by atoms with Crippen LogP contribution >= 0.6 is 0 Å². The van der Waals surface area contributed by atoms with E-state index < -0.39 is 0 Å². The Hall–Kier alpha value is -3.11. The number of benzene rings is 3. The van der Waals surface area contributed by atoms with E-state index in [1.54, 1.807) is 0 Å². The van der Waals surface area contributed by atoms with E-state index in [0.717, 1.165) is 28.0 Å². The maximum absolute atomic E-state index is 12.7. The van der Waals surface area contributed by atoms with Gasteiger partial charge in [-0.15, -0.1) is 0 Å². The van der Waals surface area contributed by atoms with Gasteiger partial charge >= 0.3 is 0 Å². The van der Waals surface area contributed by atoms with Crippen molar-refractivity contribution >= 4 is 5.91 Å². The van der Waals surface area contributed by atoms with Gasteiger partial charge in [-0.05, 0) is 22.8 Å². The molecular weight excluding hydrogens is 350 g/mol. The van der Waals surface area contributed by atoms with E-state index in [2.05, 4.69) is 5.32 Å². The second kappa shape index (κ2) is 8.72. The van der Waals surface area contributed by atoms with Gasteiger partial charge in [-0.3, -0.25) is 4.79 Å². The van der Waals surface area contributed by atoms with Crippen LogP contribution in [0.1, 0.15) is 28.2 Å². The summed E-state index contributed by atoms with van der Waals surface area (Å²) in [4.78, 5) is 12.7. The van der Waals surface area contributed by atoms with Crippen molar-refractivity contribution in [2.24, 2.45) is 0 Å². The molecule has 1 aliphatic heterocycles. The lowest BCUT2D eigenvalue weighted by Crippen LogP contribution is -2.30. The number of ether oxygens (including phenoxy) is 2. The first-order chi connectivity index (χ1) is 13.8. The number of para-hydroxylation sites is 1. The molecule has 1 atom stereocenters. The molecule has 0 saturated carbocycles. The number of carbonyl (C=O) groups is 1. The van der Waals surface area contributed by atoms with Crippen LogP contribution in [0.15, 0.2) is 78.9 Å². The number of amides is 1. The van der Waals surface area contributed by atoms with Gasteiger partial charge in [0.05, 0.1) is 13.2 Å². The number of nitrogens with one attached hydrogen (secondary N) is 1. The lowest BCUT2D eigenvalue weighted by Gasteiger charge is -2.13. The van der Waals surface area contributed by atoms with Crippen LogP contribution in [0.3, 0.4) is 0 Å². The highest BCUT2D eigenvalue weighted by Crippen LogP contribution is 2.33. The topological polar surface area (TPSA) is 47.6 Å². The van der Waals surface area contributed by atoms with E-state index in [1.165, 1.54) is 0 Å². The van der Waals surface area contributed by atoms with Gasteiger partial charge in [0.2, 0.25) is 5.91 Å². The summed E-state index contributed by atoms with van der Waals surface area (Å²) in [5.41, 5.74) is 4.26. The van der Waals surface area contributed by atoms with Gasteiger partial charge in [0.15, 0.2) is 0 Å². The summed E-state index contributed by atoms with van der Waals surface area (Å²) in [7, 11) is 0. The Bertz CT molecular complexity index is 939. The summed E-state index contributed by atoms with van der Waals surface area (Å²) in [5, 5.41) is 3.06. The third-order valence-electron chi connectivity index (χ3n) is 4.96. The van der Waals surface area contributed by atoms with Crippen molar-refractivity contribution in [2.75, 3.05) is 6.61 Å². The summed E-state index contributed by atoms with van der Waals surface area (Å²) in [5.74, 6) is 0.542. The molecule has 1 amide bonds. The lowest BCUT2D eigenvalue weighted by atomic mass is 10.0. The fourth-order valence-corrected chi connectivity index (χ4v) is 3.41. The molecule has 0 saturated heterocycles. The minimum absolute atomic E-state index is 0.00930. The zero-order chi connectivity index (χ0) is 19.2. The highest BCUT2D eigenvalue weighted by Gasteiger charge is 2.29. The van der Waals surface area contributed by atoms with Crippen molar-refractivity contribution < 1.29 is 14.3 Å². The van der Waals surface area contributed by atoms with Crippen LogP contribution in [-0.4, -0.2) is 12.5 Å². The first-order valence-electron chi connectivity index (χ1n) is 9.49. The molecule has 4 heteroatoms. The van der Waals surface area contributed by atoms with Crippen LogP contribution in [0.5, 0.6) is 5.75 Å². The molecule has 0 fully saturated rings. The minimum atomic E-state index is -0.252. The van der Waals surface area contributed by atoms with Gasteiger partial charge in [0.25, 0.3) is 0 Å². The van der Waals surface area contributed by atoms with Crippen molar-refractivity contribution in [3.63, 3.8) is 0 Å². The molecule has 28 heavy (non-hydrogen) atoms. The Morgan fingerprint density at radius 3 is 2.46 bits per heavy atom. The van der Waals surface area contributed by atoms with Gasteiger partial charge in [0, 0.05) is 12.1 Å². The number of fused-ring (bicyclic) bond motifs is 1. The number of hydrogen-bond acceptors (Lipinski definition) is 3. The van der Waals surface area contributed by atoms with Crippen LogP contribution in [0.25, 0.3) is 0 Å². The molecule has 1 heterocycles. The van der Waals surface area contributed by atoms with Crippen molar-refractivity contribution in [1.82, 2.24) is 5.32 Å². The van der Waals surface area contributed by atoms with Gasteiger partial charge in [-0.25, -0.2) is 0 Å². The monoisotopic (exact) mass is 373 g/mol. The molecule has 1 unspecified atom stereocenters. The Kier molecular flexibility index (Phi) is 5.69. The summed E-state index contributed by atoms with van der Waals surface area (Å²) in [6, 6.07) is 25.9. The second-order valence-electron chi connectivity index (χ2n) is 6.87. The molecule has 3 aromatic carbocycles. The third-order valence-corrected chi connectivity index (χ3v) is 4.96. The van der Waals surface area contributed by atoms with Gasteiger partial charge < -0.3 is 14.8 Å². The van der Waals surface area contributed by atoms with Gasteiger partial charge in [-0.2, -0.15) is 0 Å². The number of hydrogen-bond donors (Lipinski definition) is 1. The van der Waals surface area contributed by atoms with Crippen LogP contribution in [0, 0.1) is 0 Å². The molecule has 142 valence electrons. The SMILES string of the molecule is O=C(NCc1ccccc1COCc1ccccc1)C1COc2ccccc21. The standard InChI is InChI=1S/C24H23NO3/c26-24(22-17-28-23-13-7-6-12-21(22)23)25-14-19-10-4-5-11-20(19)16-27-15-18-8-2-1-3-9-18/h1-13,22H,14-17H2,(H,25,26). The fraction of sp³-hybridized carbons (Fsp3) is 0.208. The predicted octanol–water partition coefficient (Wildman–Crippen LogP) is 4.20. The van der Waals surface area contributed by atoms with Gasteiger partial charge in [0.1, 0.15) is 18.3 Å². The molecular formula is C24H23NO3. The Morgan fingerprint density at radius 1 is 0.893 bits per heavy atom. The van der Waals surface area contributed by atoms with Crippen molar-refractivity contribution in [1.29, 1.82) is 0 Å². The second-order valence-corrected chi connectivity index (χ2v) is 6.87. The van der Waals surface area contributed by atoms with Crippen LogP contribution in [0.2, 0.25) is 0 Å². The lowest BCUT2D eigenvalue weighted by molar-refractivity contribution is -0.122. The molecule has 1 N–H and O–H groups in total. The van der Waals surface area contributed by atoms with Crippen molar-refractivity contribution in [3.8, 4) is 5.75 Å². The molecule has 0 bridgehead atoms. The number of rotatable bonds is 7. The minimum Gasteiger partial charge on any atom is -0.492 e. The first kappa shape index (κ1) is 18.3. The molecule has 0 radical (unpaired) electrons. The highest BCUT2D eigenvalue weighted by atomic mass is 16.5.